The van der Waals surface area contributed by atoms with Gasteiger partial charge in [-0.3, -0.25) is 0 Å². The van der Waals surface area contributed by atoms with Gasteiger partial charge in [0.25, 0.3) is 0 Å². The number of aliphatic hydroxyl groups is 2. The van der Waals surface area contributed by atoms with Crippen LogP contribution in [0.3, 0.4) is 0 Å². The molecule has 0 aromatic heterocycles. The summed E-state index contributed by atoms with van der Waals surface area (Å²) >= 11 is 0. The van der Waals surface area contributed by atoms with Gasteiger partial charge in [0.2, 0.25) is 0 Å². The van der Waals surface area contributed by atoms with E-state index in [-0.39, 0.29) is 48.1 Å². The molecule has 0 bridgehead atoms. The molecule has 13 atom stereocenters. The third-order valence-electron chi connectivity index (χ3n) is 12.2. The summed E-state index contributed by atoms with van der Waals surface area (Å²) in [6, 6.07) is 0. The summed E-state index contributed by atoms with van der Waals surface area (Å²) < 4.78 is 34.4. The van der Waals surface area contributed by atoms with E-state index in [0.717, 1.165) is 51.4 Å². The third kappa shape index (κ3) is 9.19. The van der Waals surface area contributed by atoms with Crippen LogP contribution in [0.4, 0.5) is 0 Å². The van der Waals surface area contributed by atoms with Gasteiger partial charge >= 0.3 is 0 Å². The summed E-state index contributed by atoms with van der Waals surface area (Å²) in [5.74, 6) is 0.340. The molecule has 7 heteroatoms. The van der Waals surface area contributed by atoms with Crippen molar-refractivity contribution >= 4 is 0 Å². The van der Waals surface area contributed by atoms with Crippen LogP contribution in [-0.4, -0.2) is 82.0 Å². The number of fused-ring (bicyclic) bond motifs is 4. The predicted octanol–water partition coefficient (Wildman–Crippen LogP) is 8.32. The molecule has 7 nitrogen and oxygen atoms in total. The Kier molecular flexibility index (Phi) is 12.2. The van der Waals surface area contributed by atoms with Crippen molar-refractivity contribution in [2.24, 2.45) is 11.3 Å². The summed E-state index contributed by atoms with van der Waals surface area (Å²) in [6.07, 6.45) is 16.7. The van der Waals surface area contributed by atoms with Crippen molar-refractivity contribution in [1.29, 1.82) is 0 Å². The first-order valence-electron chi connectivity index (χ1n) is 19.3. The monoisotopic (exact) mass is 684 g/mol. The number of hydrogen-bond donors (Lipinski definition) is 2. The van der Waals surface area contributed by atoms with Crippen molar-refractivity contribution < 1.29 is 33.9 Å². The van der Waals surface area contributed by atoms with Crippen LogP contribution in [0, 0.1) is 11.3 Å². The van der Waals surface area contributed by atoms with Crippen LogP contribution in [0.25, 0.3) is 0 Å². The molecule has 0 aromatic carbocycles. The van der Waals surface area contributed by atoms with Gasteiger partial charge < -0.3 is 33.9 Å². The van der Waals surface area contributed by atoms with Gasteiger partial charge in [0.15, 0.2) is 0 Å². The summed E-state index contributed by atoms with van der Waals surface area (Å²) in [6.45, 7) is 23.3. The second-order valence-electron chi connectivity index (χ2n) is 17.9. The van der Waals surface area contributed by atoms with Crippen molar-refractivity contribution in [3.05, 3.63) is 48.1 Å². The number of allylic oxidation sites excluding steroid dienone is 7. The molecule has 49 heavy (non-hydrogen) atoms. The van der Waals surface area contributed by atoms with E-state index >= 15 is 0 Å². The number of rotatable bonds is 8. The van der Waals surface area contributed by atoms with Crippen LogP contribution in [0.2, 0.25) is 0 Å². The smallest absolute Gasteiger partial charge is 0.111 e. The molecule has 0 spiro atoms. The van der Waals surface area contributed by atoms with E-state index in [9.17, 15) is 10.2 Å². The van der Waals surface area contributed by atoms with Crippen LogP contribution in [0.15, 0.2) is 48.1 Å². The number of hydrogen-bond acceptors (Lipinski definition) is 7. The molecule has 5 heterocycles. The molecule has 5 rings (SSSR count). The van der Waals surface area contributed by atoms with Gasteiger partial charge in [-0.2, -0.15) is 0 Å². The molecule has 0 aliphatic carbocycles. The van der Waals surface area contributed by atoms with Crippen molar-refractivity contribution in [3.8, 4) is 0 Å². The zero-order chi connectivity index (χ0) is 35.8. The molecular formula is C42H68O7. The maximum Gasteiger partial charge on any atom is 0.111 e. The molecule has 5 saturated heterocycles. The SMILES string of the molecule is C=C/C=C\CC[C@H]1O[C@H]2CC[C@@]3(C)O[C@H]4[C@@H](O)C[C@@]5(C)O[C@@H](CC/C=C(C)/C(C)=C/C(C)(C)C)[C@@H](C)C[C@@H]5O[C@@H]4C[C@@H]3O[C@@H]2CC[C@]1(C)O. The largest absolute Gasteiger partial charge is 0.390 e. The predicted molar refractivity (Wildman–Crippen MR) is 195 cm³/mol. The normalized spacial score (nSPS) is 45.3. The lowest BCUT2D eigenvalue weighted by molar-refractivity contribution is -0.273. The van der Waals surface area contributed by atoms with Crippen molar-refractivity contribution in [1.82, 2.24) is 0 Å². The lowest BCUT2D eigenvalue weighted by Gasteiger charge is -2.49. The Morgan fingerprint density at radius 1 is 0.857 bits per heavy atom. The quantitative estimate of drug-likeness (QED) is 0.249. The summed E-state index contributed by atoms with van der Waals surface area (Å²) in [5, 5.41) is 23.1. The molecule has 0 aromatic rings. The molecule has 0 radical (unpaired) electrons. The molecule has 5 fully saturated rings. The molecule has 0 unspecified atom stereocenters. The van der Waals surface area contributed by atoms with Crippen LogP contribution < -0.4 is 0 Å². The first-order valence-corrected chi connectivity index (χ1v) is 19.3. The van der Waals surface area contributed by atoms with Gasteiger partial charge in [0, 0.05) is 12.8 Å². The van der Waals surface area contributed by atoms with Crippen LogP contribution >= 0.6 is 0 Å². The number of aliphatic hydroxyl groups excluding tert-OH is 1. The highest BCUT2D eigenvalue weighted by Gasteiger charge is 2.58. The van der Waals surface area contributed by atoms with E-state index in [2.05, 4.69) is 80.2 Å². The van der Waals surface area contributed by atoms with Crippen LogP contribution in [-0.2, 0) is 23.7 Å². The molecule has 0 saturated carbocycles. The summed E-state index contributed by atoms with van der Waals surface area (Å²) in [7, 11) is 0. The van der Waals surface area contributed by atoms with E-state index in [4.69, 9.17) is 23.7 Å². The van der Waals surface area contributed by atoms with Crippen LogP contribution in [0.5, 0.6) is 0 Å². The standard InChI is InChI=1S/C42H68O7/c1-11-12-13-14-18-35-40(8,44)21-19-32-33(45-35)20-22-41(9)37(46-32)24-34-38(49-41)30(43)26-42(10)36(47-34)23-28(3)31(48-42)17-15-16-27(2)29(4)25-39(5,6)7/h11-13,16,25,28,30-38,43-44H,1,14-15,17-24,26H2,2-10H3/b13-12-,27-16+,29-25+/t28-,30-,31-,32+,33-,34+,35+,36-,37-,38-,40-,41+,42+/m0/s1. The second kappa shape index (κ2) is 15.3. The topological polar surface area (TPSA) is 86.6 Å². The van der Waals surface area contributed by atoms with Gasteiger partial charge in [-0.1, -0.05) is 75.8 Å². The Bertz CT molecular complexity index is 1230. The highest BCUT2D eigenvalue weighted by atomic mass is 16.6. The van der Waals surface area contributed by atoms with Crippen molar-refractivity contribution in [3.63, 3.8) is 0 Å². The van der Waals surface area contributed by atoms with E-state index in [0.29, 0.717) is 25.2 Å². The maximum atomic E-state index is 11.8. The van der Waals surface area contributed by atoms with Crippen LogP contribution in [0.1, 0.15) is 133 Å². The van der Waals surface area contributed by atoms with E-state index in [1.54, 1.807) is 6.08 Å². The summed E-state index contributed by atoms with van der Waals surface area (Å²) in [4.78, 5) is 0. The Hall–Kier alpha value is -1.32. The molecule has 278 valence electrons. The zero-order valence-electron chi connectivity index (χ0n) is 32.1. The minimum absolute atomic E-state index is 0.104. The fraction of sp³-hybridized carbons (Fsp3) is 0.810. The lowest BCUT2D eigenvalue weighted by Crippen LogP contribution is -2.59. The van der Waals surface area contributed by atoms with E-state index < -0.39 is 29.0 Å². The molecule has 5 aliphatic heterocycles. The van der Waals surface area contributed by atoms with E-state index in [1.807, 2.05) is 13.0 Å². The van der Waals surface area contributed by atoms with Crippen molar-refractivity contribution in [2.75, 3.05) is 0 Å². The first kappa shape index (κ1) is 38.9. The minimum Gasteiger partial charge on any atom is -0.390 e. The van der Waals surface area contributed by atoms with Gasteiger partial charge in [-0.25, -0.2) is 0 Å². The van der Waals surface area contributed by atoms with Gasteiger partial charge in [0.1, 0.15) is 6.10 Å². The fourth-order valence-electron chi connectivity index (χ4n) is 9.16. The third-order valence-corrected chi connectivity index (χ3v) is 12.2. The minimum atomic E-state index is -0.916. The average molecular weight is 685 g/mol. The molecule has 0 amide bonds. The Balaban J connectivity index is 1.25. The summed E-state index contributed by atoms with van der Waals surface area (Å²) in [5.41, 5.74) is 0.743. The average Bonchev–Trinajstić information content (AvgIpc) is 3.26. The Morgan fingerprint density at radius 2 is 1.53 bits per heavy atom. The van der Waals surface area contributed by atoms with Gasteiger partial charge in [-0.05, 0) is 104 Å². The fourth-order valence-corrected chi connectivity index (χ4v) is 9.16. The van der Waals surface area contributed by atoms with Crippen molar-refractivity contribution in [2.45, 2.75) is 205 Å². The molecule has 2 N–H and O–H groups in total. The first-order chi connectivity index (χ1) is 22.9. The Morgan fingerprint density at radius 3 is 2.24 bits per heavy atom. The Labute approximate surface area is 297 Å². The van der Waals surface area contributed by atoms with Gasteiger partial charge in [-0.15, -0.1) is 0 Å². The molecular weight excluding hydrogens is 616 g/mol. The van der Waals surface area contributed by atoms with E-state index in [1.165, 1.54) is 11.1 Å². The van der Waals surface area contributed by atoms with Gasteiger partial charge in [0.05, 0.1) is 65.6 Å². The molecule has 5 aliphatic rings. The lowest BCUT2D eigenvalue weighted by atomic mass is 9.79. The maximum absolute atomic E-state index is 11.8. The highest BCUT2D eigenvalue weighted by molar-refractivity contribution is 5.28. The second-order valence-corrected chi connectivity index (χ2v) is 17.9. The number of ether oxygens (including phenoxy) is 5. The highest BCUT2D eigenvalue weighted by Crippen LogP contribution is 2.49. The zero-order valence-corrected chi connectivity index (χ0v) is 32.1.